The van der Waals surface area contributed by atoms with E-state index in [0.717, 1.165) is 0 Å². The van der Waals surface area contributed by atoms with Crippen molar-refractivity contribution in [1.29, 1.82) is 0 Å². The second-order valence-electron chi connectivity index (χ2n) is 7.05. The van der Waals surface area contributed by atoms with Crippen molar-refractivity contribution in [2.24, 2.45) is 0 Å². The van der Waals surface area contributed by atoms with Crippen LogP contribution in [0.3, 0.4) is 0 Å². The van der Waals surface area contributed by atoms with E-state index in [1.165, 1.54) is 0 Å². The van der Waals surface area contributed by atoms with Crippen LogP contribution in [0, 0.1) is 0 Å². The Bertz CT molecular complexity index is 512. The zero-order valence-corrected chi connectivity index (χ0v) is 13.9. The number of hydrogen-bond donors (Lipinski definition) is 1. The number of thiocarbonyl (C=S) groups is 1. The first-order chi connectivity index (χ1) is 10.2. The van der Waals surface area contributed by atoms with Crippen LogP contribution >= 0.6 is 12.2 Å². The fourth-order valence-corrected chi connectivity index (χ4v) is 3.85. The second-order valence-corrected chi connectivity index (χ2v) is 7.42. The monoisotopic (exact) mass is 331 g/mol. The summed E-state index contributed by atoms with van der Waals surface area (Å²) >= 11 is 5.16. The number of rotatable bonds is 1. The highest BCUT2D eigenvalue weighted by Crippen LogP contribution is 2.48. The normalized spacial score (nSPS) is 48.5. The van der Waals surface area contributed by atoms with Crippen molar-refractivity contribution < 1.29 is 28.4 Å². The minimum atomic E-state index is -0.760. The molecule has 0 aromatic carbocycles. The predicted molar refractivity (Wildman–Crippen MR) is 78.0 cm³/mol. The van der Waals surface area contributed by atoms with Crippen LogP contribution in [0.2, 0.25) is 0 Å². The van der Waals surface area contributed by atoms with Crippen LogP contribution in [-0.2, 0) is 28.4 Å². The minimum absolute atomic E-state index is 0.265. The smallest absolute Gasteiger partial charge is 0.257 e. The van der Waals surface area contributed by atoms with Gasteiger partial charge in [-0.1, -0.05) is 0 Å². The van der Waals surface area contributed by atoms with Crippen molar-refractivity contribution >= 4 is 17.4 Å². The van der Waals surface area contributed by atoms with Gasteiger partial charge in [-0.15, -0.1) is 0 Å². The average molecular weight is 331 g/mol. The molecule has 8 heteroatoms. The molecule has 4 rings (SSSR count). The molecule has 0 amide bonds. The highest BCUT2D eigenvalue weighted by atomic mass is 32.1. The lowest BCUT2D eigenvalue weighted by Crippen LogP contribution is -2.56. The third-order valence-corrected chi connectivity index (χ3v) is 4.69. The predicted octanol–water partition coefficient (Wildman–Crippen LogP) is 0.658. The van der Waals surface area contributed by atoms with Crippen LogP contribution in [-0.4, -0.2) is 60.1 Å². The van der Waals surface area contributed by atoms with Gasteiger partial charge in [0.2, 0.25) is 0 Å². The van der Waals surface area contributed by atoms with Gasteiger partial charge in [0.1, 0.15) is 12.2 Å². The van der Waals surface area contributed by atoms with Crippen LogP contribution in [0.25, 0.3) is 0 Å². The van der Waals surface area contributed by atoms with Crippen LogP contribution in [0.4, 0.5) is 0 Å². The molecule has 0 aliphatic carbocycles. The third kappa shape index (κ3) is 2.16. The molecular weight excluding hydrogens is 310 g/mol. The molecule has 4 heterocycles. The molecule has 4 fully saturated rings. The van der Waals surface area contributed by atoms with Crippen molar-refractivity contribution in [2.45, 2.75) is 69.5 Å². The fourth-order valence-electron chi connectivity index (χ4n) is 3.62. The Labute approximate surface area is 134 Å². The zero-order valence-electron chi connectivity index (χ0n) is 13.1. The van der Waals surface area contributed by atoms with Gasteiger partial charge >= 0.3 is 0 Å². The molecule has 5 atom stereocenters. The van der Waals surface area contributed by atoms with Crippen molar-refractivity contribution in [3.63, 3.8) is 0 Å². The summed E-state index contributed by atoms with van der Waals surface area (Å²) in [6.45, 7) is 8.40. The van der Waals surface area contributed by atoms with Crippen molar-refractivity contribution in [2.75, 3.05) is 13.2 Å². The topological polar surface area (TPSA) is 67.4 Å². The molecule has 124 valence electrons. The van der Waals surface area contributed by atoms with Gasteiger partial charge in [0.25, 0.3) is 5.17 Å². The van der Waals surface area contributed by atoms with E-state index in [1.54, 1.807) is 0 Å². The lowest BCUT2D eigenvalue weighted by Gasteiger charge is -2.35. The Balaban J connectivity index is 1.64. The van der Waals surface area contributed by atoms with Crippen LogP contribution < -0.4 is 5.32 Å². The maximum Gasteiger partial charge on any atom is 0.257 e. The first kappa shape index (κ1) is 15.0. The summed E-state index contributed by atoms with van der Waals surface area (Å²) in [5.74, 6) is -1.35. The number of fused-ring (bicyclic) bond motifs is 2. The molecular formula is C14H21NO6S. The van der Waals surface area contributed by atoms with Crippen molar-refractivity contribution in [3.05, 3.63) is 0 Å². The summed E-state index contributed by atoms with van der Waals surface area (Å²) in [6.07, 6.45) is -1.52. The largest absolute Gasteiger partial charge is 0.457 e. The maximum atomic E-state index is 6.11. The third-order valence-electron chi connectivity index (χ3n) is 4.46. The van der Waals surface area contributed by atoms with Gasteiger partial charge in [-0.05, 0) is 39.9 Å². The Hall–Kier alpha value is -0.510. The second kappa shape index (κ2) is 4.52. The SMILES string of the molecule is CC1(C)OC[C@H]([C@H]2O[C@@H]3OC(C)(C)O[C@@H]3[C@@]23CNC(=S)O3)O1. The Morgan fingerprint density at radius 2 is 1.82 bits per heavy atom. The van der Waals surface area contributed by atoms with E-state index in [1.807, 2.05) is 27.7 Å². The van der Waals surface area contributed by atoms with Gasteiger partial charge < -0.3 is 33.7 Å². The van der Waals surface area contributed by atoms with Gasteiger partial charge in [0.15, 0.2) is 29.6 Å². The molecule has 0 aromatic heterocycles. The minimum Gasteiger partial charge on any atom is -0.457 e. The van der Waals surface area contributed by atoms with Gasteiger partial charge in [0.05, 0.1) is 13.2 Å². The van der Waals surface area contributed by atoms with E-state index in [9.17, 15) is 0 Å². The van der Waals surface area contributed by atoms with E-state index in [0.29, 0.717) is 18.3 Å². The standard InChI is InChI=1S/C14H21NO6S/c1-12(2)16-5-7(18-12)8-14(6-15-11(22)21-14)9-10(17-8)20-13(3,4)19-9/h7-10H,5-6H2,1-4H3,(H,15,22)/t7-,8-,9+,10-,14-/m1/s1. The van der Waals surface area contributed by atoms with Gasteiger partial charge in [-0.25, -0.2) is 0 Å². The van der Waals surface area contributed by atoms with E-state index in [-0.39, 0.29) is 18.3 Å². The van der Waals surface area contributed by atoms with E-state index >= 15 is 0 Å². The van der Waals surface area contributed by atoms with Crippen molar-refractivity contribution in [3.8, 4) is 0 Å². The summed E-state index contributed by atoms with van der Waals surface area (Å²) in [5.41, 5.74) is -0.760. The molecule has 0 aromatic rings. The van der Waals surface area contributed by atoms with Gasteiger partial charge in [-0.2, -0.15) is 0 Å². The lowest BCUT2D eigenvalue weighted by molar-refractivity contribution is -0.242. The average Bonchev–Trinajstić information content (AvgIpc) is 3.07. The first-order valence-corrected chi connectivity index (χ1v) is 7.91. The molecule has 0 radical (unpaired) electrons. The number of nitrogens with one attached hydrogen (secondary N) is 1. The highest BCUT2D eigenvalue weighted by Gasteiger charge is 2.70. The Morgan fingerprint density at radius 3 is 2.41 bits per heavy atom. The number of ether oxygens (including phenoxy) is 6. The summed E-state index contributed by atoms with van der Waals surface area (Å²) in [7, 11) is 0. The Morgan fingerprint density at radius 1 is 1.05 bits per heavy atom. The molecule has 0 saturated carbocycles. The lowest BCUT2D eigenvalue weighted by atomic mass is 9.89. The van der Waals surface area contributed by atoms with E-state index in [4.69, 9.17) is 40.6 Å². The molecule has 22 heavy (non-hydrogen) atoms. The maximum absolute atomic E-state index is 6.11. The summed E-state index contributed by atoms with van der Waals surface area (Å²) in [6, 6.07) is 0. The van der Waals surface area contributed by atoms with E-state index in [2.05, 4.69) is 5.32 Å². The van der Waals surface area contributed by atoms with Gasteiger partial charge in [-0.3, -0.25) is 0 Å². The molecule has 1 spiro atoms. The zero-order chi connectivity index (χ0) is 15.8. The first-order valence-electron chi connectivity index (χ1n) is 7.51. The van der Waals surface area contributed by atoms with Crippen LogP contribution in [0.15, 0.2) is 0 Å². The highest BCUT2D eigenvalue weighted by molar-refractivity contribution is 7.80. The molecule has 4 aliphatic heterocycles. The quantitative estimate of drug-likeness (QED) is 0.703. The summed E-state index contributed by atoms with van der Waals surface area (Å²) < 4.78 is 35.6. The van der Waals surface area contributed by atoms with Gasteiger partial charge in [0, 0.05) is 0 Å². The Kier molecular flexibility index (Phi) is 3.09. The molecule has 1 N–H and O–H groups in total. The number of hydrogen-bond acceptors (Lipinski definition) is 7. The molecule has 4 aliphatic rings. The molecule has 7 nitrogen and oxygen atoms in total. The summed E-state index contributed by atoms with van der Waals surface area (Å²) in [5, 5.41) is 3.41. The fraction of sp³-hybridized carbons (Fsp3) is 0.929. The molecule has 0 unspecified atom stereocenters. The summed E-state index contributed by atoms with van der Waals surface area (Å²) in [4.78, 5) is 0. The van der Waals surface area contributed by atoms with E-state index < -0.39 is 23.5 Å². The van der Waals surface area contributed by atoms with Crippen LogP contribution in [0.1, 0.15) is 27.7 Å². The molecule has 4 saturated heterocycles. The molecule has 0 bridgehead atoms. The van der Waals surface area contributed by atoms with Crippen molar-refractivity contribution in [1.82, 2.24) is 5.32 Å². The van der Waals surface area contributed by atoms with Crippen LogP contribution in [0.5, 0.6) is 0 Å².